The summed E-state index contributed by atoms with van der Waals surface area (Å²) in [6, 6.07) is 0. The van der Waals surface area contributed by atoms with Gasteiger partial charge in [0.1, 0.15) is 19.6 Å². The summed E-state index contributed by atoms with van der Waals surface area (Å²) < 4.78 is 17.4. The molecule has 0 bridgehead atoms. The zero-order valence-corrected chi connectivity index (χ0v) is 36.4. The first-order valence-corrected chi connectivity index (χ1v) is 23.2. The fourth-order valence-corrected chi connectivity index (χ4v) is 6.99. The minimum Gasteiger partial charge on any atom is -0.466 e. The minimum atomic E-state index is -0.0219. The van der Waals surface area contributed by atoms with Crippen LogP contribution in [0.15, 0.2) is 0 Å². The first-order chi connectivity index (χ1) is 25.9. The van der Waals surface area contributed by atoms with Crippen molar-refractivity contribution in [3.63, 3.8) is 0 Å². The maximum Gasteiger partial charge on any atom is 0.306 e. The summed E-state index contributed by atoms with van der Waals surface area (Å²) in [5.41, 5.74) is 0. The number of nitrogens with zero attached hydrogens (tertiary/aromatic N) is 2. The highest BCUT2D eigenvalue weighted by Gasteiger charge is 2.14. The highest BCUT2D eigenvalue weighted by Crippen LogP contribution is 2.18. The maximum absolute atomic E-state index is 12.8. The van der Waals surface area contributed by atoms with Gasteiger partial charge < -0.3 is 14.2 Å². The molecule has 0 aromatic heterocycles. The third kappa shape index (κ3) is 40.3. The molecule has 0 N–H and O–H groups in total. The van der Waals surface area contributed by atoms with Crippen LogP contribution in [0.2, 0.25) is 0 Å². The van der Waals surface area contributed by atoms with Gasteiger partial charge in [-0.1, -0.05) is 162 Å². The van der Waals surface area contributed by atoms with Crippen LogP contribution in [0.1, 0.15) is 233 Å². The number of carbonyl (C=O) groups is 2. The predicted molar refractivity (Wildman–Crippen MR) is 226 cm³/mol. The third-order valence-electron chi connectivity index (χ3n) is 10.4. The Morgan fingerprint density at radius 2 is 0.849 bits per heavy atom. The van der Waals surface area contributed by atoms with E-state index in [9.17, 15) is 9.59 Å². The van der Waals surface area contributed by atoms with Gasteiger partial charge in [0.05, 0.1) is 6.61 Å². The lowest BCUT2D eigenvalue weighted by Gasteiger charge is -2.23. The number of hydrogen-bond donors (Lipinski definition) is 0. The van der Waals surface area contributed by atoms with E-state index in [1.807, 2.05) is 14.1 Å². The summed E-state index contributed by atoms with van der Waals surface area (Å²) in [5.74, 6) is 0.00120. The molecule has 316 valence electrons. The molecule has 0 aromatic rings. The molecule has 0 saturated carbocycles. The topological polar surface area (TPSA) is 68.3 Å². The summed E-state index contributed by atoms with van der Waals surface area (Å²) >= 11 is 0. The van der Waals surface area contributed by atoms with Crippen molar-refractivity contribution in [3.05, 3.63) is 0 Å². The van der Waals surface area contributed by atoms with Crippen LogP contribution in [0.3, 0.4) is 0 Å². The molecule has 0 aliphatic carbocycles. The number of carbonyl (C=O) groups excluding carboxylic acids is 2. The first-order valence-electron chi connectivity index (χ1n) is 23.2. The van der Waals surface area contributed by atoms with E-state index in [0.717, 1.165) is 70.9 Å². The summed E-state index contributed by atoms with van der Waals surface area (Å²) in [6.45, 7) is 10.8. The van der Waals surface area contributed by atoms with E-state index in [4.69, 9.17) is 14.2 Å². The van der Waals surface area contributed by atoms with Gasteiger partial charge in [-0.25, -0.2) is 0 Å². The molecule has 0 rings (SSSR count). The number of unbranched alkanes of at least 4 members (excludes halogenated alkanes) is 24. The Morgan fingerprint density at radius 3 is 1.32 bits per heavy atom. The molecule has 0 unspecified atom stereocenters. The van der Waals surface area contributed by atoms with Crippen molar-refractivity contribution < 1.29 is 23.8 Å². The SMILES string of the molecule is CCCCCCCCCOC(=O)CCCCCCCN(CCCCCCCC(=O)OC(CCCCCCCC)CCCCCCCC)COCN(C)C. The first kappa shape index (κ1) is 51.8. The summed E-state index contributed by atoms with van der Waals surface area (Å²) in [4.78, 5) is 29.3. The molecule has 0 atom stereocenters. The molecule has 0 fully saturated rings. The Morgan fingerprint density at radius 1 is 0.453 bits per heavy atom. The fraction of sp³-hybridized carbons (Fsp3) is 0.957. The monoisotopic (exact) mass is 753 g/mol. The molecule has 0 aromatic carbocycles. The van der Waals surface area contributed by atoms with Gasteiger partial charge in [-0.15, -0.1) is 0 Å². The Bertz CT molecular complexity index is 748. The highest BCUT2D eigenvalue weighted by atomic mass is 16.5. The number of esters is 2. The number of rotatable bonds is 43. The Hall–Kier alpha value is -1.18. The smallest absolute Gasteiger partial charge is 0.306 e. The van der Waals surface area contributed by atoms with Gasteiger partial charge in [0.25, 0.3) is 0 Å². The van der Waals surface area contributed by atoms with Crippen molar-refractivity contribution in [1.82, 2.24) is 9.80 Å². The standard InChI is InChI=1S/C46H92N2O5/c1-6-9-12-15-18-27-34-41-52-45(49)37-30-23-19-25-32-39-48(43-51-42-47(4)5)40-33-26-20-24-31-38-46(50)53-44(35-28-21-16-13-10-7-2)36-29-22-17-14-11-8-3/h44H,6-43H2,1-5H3. The molecule has 0 heterocycles. The lowest BCUT2D eigenvalue weighted by Crippen LogP contribution is -2.31. The Labute approximate surface area is 330 Å². The highest BCUT2D eigenvalue weighted by molar-refractivity contribution is 5.69. The lowest BCUT2D eigenvalue weighted by molar-refractivity contribution is -0.150. The van der Waals surface area contributed by atoms with E-state index < -0.39 is 0 Å². The fourth-order valence-electron chi connectivity index (χ4n) is 6.99. The molecule has 7 heteroatoms. The van der Waals surface area contributed by atoms with E-state index in [2.05, 4.69) is 30.6 Å². The van der Waals surface area contributed by atoms with Crippen LogP contribution in [0, 0.1) is 0 Å². The second-order valence-electron chi connectivity index (χ2n) is 16.3. The quantitative estimate of drug-likeness (QED) is 0.0349. The summed E-state index contributed by atoms with van der Waals surface area (Å²) in [6.07, 6.45) is 38.5. The van der Waals surface area contributed by atoms with Crippen LogP contribution in [0.4, 0.5) is 0 Å². The van der Waals surface area contributed by atoms with Crippen molar-refractivity contribution in [2.24, 2.45) is 0 Å². The normalized spacial score (nSPS) is 11.7. The van der Waals surface area contributed by atoms with Crippen LogP contribution in [-0.4, -0.2) is 75.1 Å². The van der Waals surface area contributed by atoms with Crippen molar-refractivity contribution in [1.29, 1.82) is 0 Å². The molecule has 0 saturated heterocycles. The third-order valence-corrected chi connectivity index (χ3v) is 10.4. The Balaban J connectivity index is 4.17. The molecular formula is C46H92N2O5. The summed E-state index contributed by atoms with van der Waals surface area (Å²) in [7, 11) is 4.08. The molecule has 0 aliphatic rings. The van der Waals surface area contributed by atoms with Crippen molar-refractivity contribution >= 4 is 11.9 Å². The molecule has 0 amide bonds. The average Bonchev–Trinajstić information content (AvgIpc) is 3.14. The van der Waals surface area contributed by atoms with Crippen molar-refractivity contribution in [2.45, 2.75) is 239 Å². The number of hydrogen-bond acceptors (Lipinski definition) is 7. The van der Waals surface area contributed by atoms with Crippen molar-refractivity contribution in [3.8, 4) is 0 Å². The maximum atomic E-state index is 12.8. The van der Waals surface area contributed by atoms with Gasteiger partial charge in [0.15, 0.2) is 0 Å². The second-order valence-corrected chi connectivity index (χ2v) is 16.3. The second kappa shape index (κ2) is 42.0. The Kier molecular flexibility index (Phi) is 41.0. The predicted octanol–water partition coefficient (Wildman–Crippen LogP) is 13.2. The van der Waals surface area contributed by atoms with Crippen LogP contribution in [-0.2, 0) is 23.8 Å². The van der Waals surface area contributed by atoms with Crippen LogP contribution in [0.5, 0.6) is 0 Å². The van der Waals surface area contributed by atoms with E-state index in [1.54, 1.807) is 0 Å². The van der Waals surface area contributed by atoms with E-state index >= 15 is 0 Å². The minimum absolute atomic E-state index is 0.0219. The van der Waals surface area contributed by atoms with Crippen LogP contribution in [0.25, 0.3) is 0 Å². The van der Waals surface area contributed by atoms with Gasteiger partial charge >= 0.3 is 11.9 Å². The zero-order valence-electron chi connectivity index (χ0n) is 36.4. The molecule has 0 spiro atoms. The van der Waals surface area contributed by atoms with Gasteiger partial charge in [-0.05, 0) is 71.9 Å². The van der Waals surface area contributed by atoms with Gasteiger partial charge in [-0.3, -0.25) is 19.4 Å². The molecule has 53 heavy (non-hydrogen) atoms. The van der Waals surface area contributed by atoms with Gasteiger partial charge in [0.2, 0.25) is 0 Å². The lowest BCUT2D eigenvalue weighted by atomic mass is 10.0. The number of ether oxygens (including phenoxy) is 3. The van der Waals surface area contributed by atoms with E-state index in [0.29, 0.717) is 32.9 Å². The summed E-state index contributed by atoms with van der Waals surface area (Å²) in [5, 5.41) is 0. The van der Waals surface area contributed by atoms with Crippen molar-refractivity contribution in [2.75, 3.05) is 47.3 Å². The molecular weight excluding hydrogens is 661 g/mol. The van der Waals surface area contributed by atoms with Crippen LogP contribution < -0.4 is 0 Å². The largest absolute Gasteiger partial charge is 0.466 e. The van der Waals surface area contributed by atoms with Gasteiger partial charge in [0, 0.05) is 25.9 Å². The molecule has 0 radical (unpaired) electrons. The van der Waals surface area contributed by atoms with Gasteiger partial charge in [-0.2, -0.15) is 0 Å². The van der Waals surface area contributed by atoms with Crippen LogP contribution >= 0.6 is 0 Å². The van der Waals surface area contributed by atoms with E-state index in [1.165, 1.54) is 141 Å². The average molecular weight is 753 g/mol. The molecule has 0 aliphatic heterocycles. The zero-order chi connectivity index (χ0) is 38.9. The van der Waals surface area contributed by atoms with E-state index in [-0.39, 0.29) is 18.0 Å². The molecule has 7 nitrogen and oxygen atoms in total.